The Bertz CT molecular complexity index is 738. The molecule has 0 unspecified atom stereocenters. The van der Waals surface area contributed by atoms with Gasteiger partial charge in [-0.15, -0.1) is 0 Å². The van der Waals surface area contributed by atoms with E-state index in [1.54, 1.807) is 0 Å². The van der Waals surface area contributed by atoms with Gasteiger partial charge in [0.1, 0.15) is 0 Å². The van der Waals surface area contributed by atoms with Crippen molar-refractivity contribution in [1.82, 2.24) is 16.0 Å². The second-order valence-electron chi connectivity index (χ2n) is 6.09. The third-order valence-electron chi connectivity index (χ3n) is 3.87. The maximum Gasteiger partial charge on any atom is 0.251 e. The van der Waals surface area contributed by atoms with Crippen LogP contribution in [-0.4, -0.2) is 25.0 Å². The number of nitrogens with one attached hydrogen (secondary N) is 3. The number of rotatable bonds is 7. The molecule has 0 fully saturated rings. The van der Waals surface area contributed by atoms with Gasteiger partial charge in [-0.1, -0.05) is 42.0 Å². The number of benzene rings is 2. The standard InChI is InChI=1S/C21H28N4O/c1-4-22-20(26)19-8-6-7-18(13-19)15-25-21(23-5-2)24-14-17-11-9-16(3)10-12-17/h6-13H,4-5,14-15H2,1-3H3,(H,22,26)(H2,23,24,25). The summed E-state index contributed by atoms with van der Waals surface area (Å²) in [4.78, 5) is 16.6. The van der Waals surface area contributed by atoms with Gasteiger partial charge in [0, 0.05) is 25.2 Å². The highest BCUT2D eigenvalue weighted by Gasteiger charge is 2.05. The number of guanidine groups is 1. The summed E-state index contributed by atoms with van der Waals surface area (Å²) in [5.41, 5.74) is 4.12. The largest absolute Gasteiger partial charge is 0.357 e. The van der Waals surface area contributed by atoms with E-state index in [9.17, 15) is 4.79 Å². The summed E-state index contributed by atoms with van der Waals surface area (Å²) < 4.78 is 0. The molecule has 2 rings (SSSR count). The van der Waals surface area contributed by atoms with Crippen molar-refractivity contribution < 1.29 is 4.79 Å². The van der Waals surface area contributed by atoms with Gasteiger partial charge in [0.2, 0.25) is 0 Å². The summed E-state index contributed by atoms with van der Waals surface area (Å²) in [6.45, 7) is 8.67. The van der Waals surface area contributed by atoms with Crippen molar-refractivity contribution >= 4 is 11.9 Å². The first-order chi connectivity index (χ1) is 12.6. The molecule has 2 aromatic carbocycles. The van der Waals surface area contributed by atoms with Crippen molar-refractivity contribution in [2.75, 3.05) is 13.1 Å². The number of aliphatic imine (C=N–C) groups is 1. The van der Waals surface area contributed by atoms with Gasteiger partial charge in [-0.05, 0) is 44.0 Å². The van der Waals surface area contributed by atoms with Crippen LogP contribution < -0.4 is 16.0 Å². The molecular formula is C21H28N4O. The quantitative estimate of drug-likeness (QED) is 0.530. The highest BCUT2D eigenvalue weighted by atomic mass is 16.1. The molecule has 0 aromatic heterocycles. The second kappa shape index (κ2) is 10.2. The van der Waals surface area contributed by atoms with Crippen molar-refractivity contribution in [1.29, 1.82) is 0 Å². The molecule has 0 bridgehead atoms. The van der Waals surface area contributed by atoms with E-state index in [2.05, 4.69) is 52.1 Å². The van der Waals surface area contributed by atoms with Crippen LogP contribution >= 0.6 is 0 Å². The lowest BCUT2D eigenvalue weighted by atomic mass is 10.1. The zero-order valence-electron chi connectivity index (χ0n) is 15.8. The molecule has 2 aromatic rings. The summed E-state index contributed by atoms with van der Waals surface area (Å²) in [6.07, 6.45) is 0. The fourth-order valence-electron chi connectivity index (χ4n) is 2.48. The van der Waals surface area contributed by atoms with E-state index in [4.69, 9.17) is 0 Å². The third kappa shape index (κ3) is 6.24. The molecule has 1 amide bonds. The molecule has 26 heavy (non-hydrogen) atoms. The highest BCUT2D eigenvalue weighted by molar-refractivity contribution is 5.94. The van der Waals surface area contributed by atoms with E-state index in [0.29, 0.717) is 25.2 Å². The van der Waals surface area contributed by atoms with E-state index in [0.717, 1.165) is 18.1 Å². The van der Waals surface area contributed by atoms with Crippen LogP contribution in [0.1, 0.15) is 40.9 Å². The molecule has 138 valence electrons. The molecule has 0 saturated carbocycles. The van der Waals surface area contributed by atoms with Crippen molar-refractivity contribution in [3.8, 4) is 0 Å². The first-order valence-corrected chi connectivity index (χ1v) is 9.07. The van der Waals surface area contributed by atoms with Crippen LogP contribution in [0, 0.1) is 6.92 Å². The Labute approximate surface area is 155 Å². The number of carbonyl (C=O) groups is 1. The van der Waals surface area contributed by atoms with Crippen molar-refractivity contribution in [3.05, 3.63) is 70.8 Å². The highest BCUT2D eigenvalue weighted by Crippen LogP contribution is 2.07. The minimum atomic E-state index is -0.0530. The fourth-order valence-corrected chi connectivity index (χ4v) is 2.48. The SMILES string of the molecule is CCNC(=O)c1cccc(CN=C(NCC)NCc2ccc(C)cc2)c1. The lowest BCUT2D eigenvalue weighted by Crippen LogP contribution is -2.36. The number of hydrogen-bond donors (Lipinski definition) is 3. The zero-order chi connectivity index (χ0) is 18.8. The monoisotopic (exact) mass is 352 g/mol. The van der Waals surface area contributed by atoms with Crippen molar-refractivity contribution in [2.45, 2.75) is 33.9 Å². The van der Waals surface area contributed by atoms with E-state index < -0.39 is 0 Å². The smallest absolute Gasteiger partial charge is 0.251 e. The molecule has 0 spiro atoms. The molecule has 0 saturated heterocycles. The van der Waals surface area contributed by atoms with Gasteiger partial charge in [-0.2, -0.15) is 0 Å². The lowest BCUT2D eigenvalue weighted by molar-refractivity contribution is 0.0955. The Morgan fingerprint density at radius 1 is 0.923 bits per heavy atom. The van der Waals surface area contributed by atoms with Crippen LogP contribution in [0.5, 0.6) is 0 Å². The molecule has 0 aliphatic heterocycles. The fraction of sp³-hybridized carbons (Fsp3) is 0.333. The van der Waals surface area contributed by atoms with Crippen LogP contribution in [-0.2, 0) is 13.1 Å². The first-order valence-electron chi connectivity index (χ1n) is 9.07. The van der Waals surface area contributed by atoms with Gasteiger partial charge in [-0.3, -0.25) is 4.79 Å². The average Bonchev–Trinajstić information content (AvgIpc) is 2.66. The molecule has 0 radical (unpaired) electrons. The summed E-state index contributed by atoms with van der Waals surface area (Å²) >= 11 is 0. The first kappa shape index (κ1) is 19.5. The summed E-state index contributed by atoms with van der Waals surface area (Å²) in [5, 5.41) is 9.41. The Hall–Kier alpha value is -2.82. The normalized spacial score (nSPS) is 11.1. The van der Waals surface area contributed by atoms with Gasteiger partial charge < -0.3 is 16.0 Å². The third-order valence-corrected chi connectivity index (χ3v) is 3.87. The van der Waals surface area contributed by atoms with E-state index in [-0.39, 0.29) is 5.91 Å². The van der Waals surface area contributed by atoms with Gasteiger partial charge >= 0.3 is 0 Å². The van der Waals surface area contributed by atoms with E-state index in [1.807, 2.05) is 38.1 Å². The number of aryl methyl sites for hydroxylation is 1. The molecule has 0 aliphatic carbocycles. The number of nitrogens with zero attached hydrogens (tertiary/aromatic N) is 1. The molecule has 0 atom stereocenters. The Balaban J connectivity index is 2.00. The van der Waals surface area contributed by atoms with Crippen molar-refractivity contribution in [2.24, 2.45) is 4.99 Å². The molecule has 0 heterocycles. The maximum absolute atomic E-state index is 11.9. The van der Waals surface area contributed by atoms with Crippen LogP contribution in [0.3, 0.4) is 0 Å². The van der Waals surface area contributed by atoms with Crippen LogP contribution in [0.15, 0.2) is 53.5 Å². The van der Waals surface area contributed by atoms with Crippen LogP contribution in [0.2, 0.25) is 0 Å². The summed E-state index contributed by atoms with van der Waals surface area (Å²) in [7, 11) is 0. The topological polar surface area (TPSA) is 65.5 Å². The number of hydrogen-bond acceptors (Lipinski definition) is 2. The minimum absolute atomic E-state index is 0.0530. The van der Waals surface area contributed by atoms with Gasteiger partial charge in [0.05, 0.1) is 6.54 Å². The minimum Gasteiger partial charge on any atom is -0.357 e. The van der Waals surface area contributed by atoms with Gasteiger partial charge in [-0.25, -0.2) is 4.99 Å². The summed E-state index contributed by atoms with van der Waals surface area (Å²) in [5.74, 6) is 0.708. The van der Waals surface area contributed by atoms with Crippen LogP contribution in [0.25, 0.3) is 0 Å². The summed E-state index contributed by atoms with van der Waals surface area (Å²) in [6, 6.07) is 16.0. The zero-order valence-corrected chi connectivity index (χ0v) is 15.8. The Morgan fingerprint density at radius 2 is 1.65 bits per heavy atom. The van der Waals surface area contributed by atoms with Crippen molar-refractivity contribution in [3.63, 3.8) is 0 Å². The predicted molar refractivity (Wildman–Crippen MR) is 107 cm³/mol. The van der Waals surface area contributed by atoms with E-state index in [1.165, 1.54) is 11.1 Å². The molecule has 5 heteroatoms. The second-order valence-corrected chi connectivity index (χ2v) is 6.09. The van der Waals surface area contributed by atoms with E-state index >= 15 is 0 Å². The number of carbonyl (C=O) groups excluding carboxylic acids is 1. The molecular weight excluding hydrogens is 324 g/mol. The number of amides is 1. The van der Waals surface area contributed by atoms with Crippen LogP contribution in [0.4, 0.5) is 0 Å². The maximum atomic E-state index is 11.9. The van der Waals surface area contributed by atoms with Gasteiger partial charge in [0.25, 0.3) is 5.91 Å². The van der Waals surface area contributed by atoms with Gasteiger partial charge in [0.15, 0.2) is 5.96 Å². The Morgan fingerprint density at radius 3 is 2.35 bits per heavy atom. The molecule has 5 nitrogen and oxygen atoms in total. The average molecular weight is 352 g/mol. The Kier molecular flexibility index (Phi) is 7.68. The molecule has 0 aliphatic rings. The lowest BCUT2D eigenvalue weighted by Gasteiger charge is -2.12. The molecule has 3 N–H and O–H groups in total. The predicted octanol–water partition coefficient (Wildman–Crippen LogP) is 3.00.